The van der Waals surface area contributed by atoms with Crippen LogP contribution in [0.2, 0.25) is 0 Å². The molecular formula is C8H20N2O. The first kappa shape index (κ1) is 10.9. The van der Waals surface area contributed by atoms with Crippen molar-refractivity contribution in [3.8, 4) is 0 Å². The maximum Gasteiger partial charge on any atom is 0.0587 e. The van der Waals surface area contributed by atoms with Crippen LogP contribution in [0, 0.1) is 0 Å². The lowest BCUT2D eigenvalue weighted by Gasteiger charge is -2.12. The zero-order chi connectivity index (χ0) is 8.53. The third-order valence-corrected chi connectivity index (χ3v) is 1.49. The molecule has 3 nitrogen and oxygen atoms in total. The van der Waals surface area contributed by atoms with Crippen LogP contribution >= 0.6 is 0 Å². The van der Waals surface area contributed by atoms with Gasteiger partial charge in [0, 0.05) is 26.2 Å². The molecule has 3 heteroatoms. The Kier molecular flexibility index (Phi) is 7.89. The van der Waals surface area contributed by atoms with Gasteiger partial charge in [-0.3, -0.25) is 0 Å². The summed E-state index contributed by atoms with van der Waals surface area (Å²) in [7, 11) is 1.72. The number of hydrogen-bond donors (Lipinski definition) is 2. The van der Waals surface area contributed by atoms with Gasteiger partial charge in [-0.05, 0) is 13.5 Å². The second-order valence-electron chi connectivity index (χ2n) is 2.66. The van der Waals surface area contributed by atoms with Crippen LogP contribution in [0.15, 0.2) is 0 Å². The summed E-state index contributed by atoms with van der Waals surface area (Å²) in [6.45, 7) is 8.06. The molecule has 68 valence electrons. The van der Waals surface area contributed by atoms with Gasteiger partial charge < -0.3 is 15.4 Å². The number of rotatable bonds is 7. The third-order valence-electron chi connectivity index (χ3n) is 1.49. The fraction of sp³-hybridized carbons (Fsp3) is 1.00. The summed E-state index contributed by atoms with van der Waals surface area (Å²) in [5.41, 5.74) is 0. The molecule has 2 N–H and O–H groups in total. The first-order valence-electron chi connectivity index (χ1n) is 4.24. The van der Waals surface area contributed by atoms with E-state index in [1.165, 1.54) is 0 Å². The normalized spacial score (nSPS) is 13.4. The number of ether oxygens (including phenoxy) is 1. The van der Waals surface area contributed by atoms with Crippen LogP contribution in [-0.2, 0) is 4.74 Å². The Bertz CT molecular complexity index is 78.5. The predicted molar refractivity (Wildman–Crippen MR) is 47.9 cm³/mol. The van der Waals surface area contributed by atoms with Gasteiger partial charge in [0.1, 0.15) is 0 Å². The summed E-state index contributed by atoms with van der Waals surface area (Å²) < 4.78 is 4.90. The highest BCUT2D eigenvalue weighted by Crippen LogP contribution is 1.76. The summed E-state index contributed by atoms with van der Waals surface area (Å²) in [4.78, 5) is 0. The molecule has 0 unspecified atom stereocenters. The highest BCUT2D eigenvalue weighted by atomic mass is 16.5. The van der Waals surface area contributed by atoms with Crippen LogP contribution in [0.5, 0.6) is 0 Å². The van der Waals surface area contributed by atoms with Crippen LogP contribution in [0.25, 0.3) is 0 Å². The van der Waals surface area contributed by atoms with Gasteiger partial charge >= 0.3 is 0 Å². The fourth-order valence-electron chi connectivity index (χ4n) is 0.913. The molecule has 0 bridgehead atoms. The zero-order valence-corrected chi connectivity index (χ0v) is 7.81. The van der Waals surface area contributed by atoms with E-state index in [0.29, 0.717) is 6.04 Å². The fourth-order valence-corrected chi connectivity index (χ4v) is 0.913. The molecule has 0 spiro atoms. The zero-order valence-electron chi connectivity index (χ0n) is 7.81. The smallest absolute Gasteiger partial charge is 0.0587 e. The second kappa shape index (κ2) is 7.98. The molecule has 0 aromatic heterocycles. The van der Waals surface area contributed by atoms with Crippen LogP contribution in [-0.4, -0.2) is 39.4 Å². The second-order valence-corrected chi connectivity index (χ2v) is 2.66. The van der Waals surface area contributed by atoms with E-state index in [1.54, 1.807) is 7.11 Å². The highest BCUT2D eigenvalue weighted by molar-refractivity contribution is 4.61. The first-order chi connectivity index (χ1) is 5.31. The molecule has 0 aromatic carbocycles. The largest absolute Gasteiger partial charge is 0.383 e. The van der Waals surface area contributed by atoms with Gasteiger partial charge in [0.15, 0.2) is 0 Å². The van der Waals surface area contributed by atoms with Gasteiger partial charge in [-0.15, -0.1) is 0 Å². The SMILES string of the molecule is CCN[C@H](C)CNCCOC. The van der Waals surface area contributed by atoms with Crippen molar-refractivity contribution in [3.05, 3.63) is 0 Å². The van der Waals surface area contributed by atoms with E-state index < -0.39 is 0 Å². The molecule has 0 aliphatic rings. The minimum Gasteiger partial charge on any atom is -0.383 e. The first-order valence-corrected chi connectivity index (χ1v) is 4.24. The average molecular weight is 160 g/mol. The summed E-state index contributed by atoms with van der Waals surface area (Å²) >= 11 is 0. The highest BCUT2D eigenvalue weighted by Gasteiger charge is 1.96. The van der Waals surface area contributed by atoms with Crippen molar-refractivity contribution in [2.24, 2.45) is 0 Å². The quantitative estimate of drug-likeness (QED) is 0.523. The van der Waals surface area contributed by atoms with E-state index >= 15 is 0 Å². The lowest BCUT2D eigenvalue weighted by molar-refractivity contribution is 0.198. The molecule has 0 aromatic rings. The van der Waals surface area contributed by atoms with Crippen molar-refractivity contribution in [2.75, 3.05) is 33.4 Å². The Hall–Kier alpha value is -0.120. The Morgan fingerprint density at radius 2 is 2.18 bits per heavy atom. The van der Waals surface area contributed by atoms with Crippen molar-refractivity contribution in [1.82, 2.24) is 10.6 Å². The lowest BCUT2D eigenvalue weighted by atomic mass is 10.3. The standard InChI is InChI=1S/C8H20N2O/c1-4-10-8(2)7-9-5-6-11-3/h8-10H,4-7H2,1-3H3/t8-/m1/s1. The van der Waals surface area contributed by atoms with Crippen molar-refractivity contribution in [2.45, 2.75) is 19.9 Å². The number of nitrogens with one attached hydrogen (secondary N) is 2. The molecule has 0 aliphatic heterocycles. The minimum atomic E-state index is 0.553. The molecule has 0 radical (unpaired) electrons. The molecule has 1 atom stereocenters. The Labute approximate surface area is 69.5 Å². The maximum atomic E-state index is 4.90. The number of hydrogen-bond acceptors (Lipinski definition) is 3. The van der Waals surface area contributed by atoms with Crippen molar-refractivity contribution < 1.29 is 4.74 Å². The Morgan fingerprint density at radius 1 is 1.45 bits per heavy atom. The molecule has 0 rings (SSSR count). The lowest BCUT2D eigenvalue weighted by Crippen LogP contribution is -2.37. The van der Waals surface area contributed by atoms with E-state index in [4.69, 9.17) is 4.74 Å². The summed E-state index contributed by atoms with van der Waals surface area (Å²) in [5.74, 6) is 0. The summed E-state index contributed by atoms with van der Waals surface area (Å²) in [5, 5.41) is 6.60. The van der Waals surface area contributed by atoms with Crippen molar-refractivity contribution >= 4 is 0 Å². The molecule has 0 saturated carbocycles. The van der Waals surface area contributed by atoms with Crippen molar-refractivity contribution in [1.29, 1.82) is 0 Å². The van der Waals surface area contributed by atoms with Gasteiger partial charge in [0.2, 0.25) is 0 Å². The molecular weight excluding hydrogens is 140 g/mol. The van der Waals surface area contributed by atoms with E-state index in [0.717, 1.165) is 26.2 Å². The molecule has 0 heterocycles. The van der Waals surface area contributed by atoms with E-state index in [2.05, 4.69) is 24.5 Å². The molecule has 0 amide bonds. The van der Waals surface area contributed by atoms with Crippen LogP contribution < -0.4 is 10.6 Å². The monoisotopic (exact) mass is 160 g/mol. The predicted octanol–water partition coefficient (Wildman–Crippen LogP) is 0.220. The summed E-state index contributed by atoms with van der Waals surface area (Å²) in [6.07, 6.45) is 0. The average Bonchev–Trinajstić information content (AvgIpc) is 1.99. The Morgan fingerprint density at radius 3 is 2.73 bits per heavy atom. The maximum absolute atomic E-state index is 4.90. The van der Waals surface area contributed by atoms with Gasteiger partial charge in [0.05, 0.1) is 6.61 Å². The molecule has 11 heavy (non-hydrogen) atoms. The summed E-state index contributed by atoms with van der Waals surface area (Å²) in [6, 6.07) is 0.553. The van der Waals surface area contributed by atoms with Gasteiger partial charge in [-0.1, -0.05) is 6.92 Å². The van der Waals surface area contributed by atoms with Gasteiger partial charge in [0.25, 0.3) is 0 Å². The number of methoxy groups -OCH3 is 1. The Balaban J connectivity index is 2.97. The van der Waals surface area contributed by atoms with E-state index in [1.807, 2.05) is 0 Å². The molecule has 0 aliphatic carbocycles. The van der Waals surface area contributed by atoms with Crippen LogP contribution in [0.1, 0.15) is 13.8 Å². The molecule has 0 saturated heterocycles. The molecule has 0 fully saturated rings. The third kappa shape index (κ3) is 7.78. The topological polar surface area (TPSA) is 33.3 Å². The van der Waals surface area contributed by atoms with E-state index in [-0.39, 0.29) is 0 Å². The van der Waals surface area contributed by atoms with Gasteiger partial charge in [-0.25, -0.2) is 0 Å². The van der Waals surface area contributed by atoms with Crippen molar-refractivity contribution in [3.63, 3.8) is 0 Å². The van der Waals surface area contributed by atoms with Gasteiger partial charge in [-0.2, -0.15) is 0 Å². The number of likely N-dealkylation sites (N-methyl/N-ethyl adjacent to an activating group) is 1. The minimum absolute atomic E-state index is 0.553. The van der Waals surface area contributed by atoms with Crippen LogP contribution in [0.4, 0.5) is 0 Å². The van der Waals surface area contributed by atoms with Crippen LogP contribution in [0.3, 0.4) is 0 Å². The van der Waals surface area contributed by atoms with E-state index in [9.17, 15) is 0 Å².